The molecule has 0 saturated carbocycles. The number of aryl methyl sites for hydroxylation is 1. The first-order valence-electron chi connectivity index (χ1n) is 7.66. The first kappa shape index (κ1) is 14.2. The van der Waals surface area contributed by atoms with Gasteiger partial charge in [-0.2, -0.15) is 5.10 Å². The zero-order valence-electron chi connectivity index (χ0n) is 13.1. The third kappa shape index (κ3) is 3.29. The molecule has 21 heavy (non-hydrogen) atoms. The second-order valence-electron chi connectivity index (χ2n) is 6.70. The maximum atomic E-state index is 4.51. The summed E-state index contributed by atoms with van der Waals surface area (Å²) in [6.07, 6.45) is 6.54. The lowest BCUT2D eigenvalue weighted by Crippen LogP contribution is -2.35. The van der Waals surface area contributed by atoms with Gasteiger partial charge in [0.1, 0.15) is 6.33 Å². The van der Waals surface area contributed by atoms with Gasteiger partial charge in [-0.05, 0) is 58.6 Å². The van der Waals surface area contributed by atoms with Crippen LogP contribution in [0.2, 0.25) is 0 Å². The van der Waals surface area contributed by atoms with Crippen molar-refractivity contribution in [2.45, 2.75) is 58.5 Å². The molecule has 0 unspecified atom stereocenters. The molecule has 3 rings (SSSR count). The van der Waals surface area contributed by atoms with Crippen LogP contribution in [0, 0.1) is 0 Å². The van der Waals surface area contributed by atoms with Gasteiger partial charge in [-0.25, -0.2) is 4.98 Å². The molecule has 1 aliphatic carbocycles. The predicted octanol–water partition coefficient (Wildman–Crippen LogP) is 2.43. The molecule has 1 N–H and O–H groups in total. The average Bonchev–Trinajstić information content (AvgIpc) is 2.89. The molecule has 0 atom stereocenters. The Kier molecular flexibility index (Phi) is 3.76. The summed E-state index contributed by atoms with van der Waals surface area (Å²) in [5.74, 6) is 0.866. The molecule has 0 saturated heterocycles. The van der Waals surface area contributed by atoms with E-state index in [1.54, 1.807) is 0 Å². The zero-order chi connectivity index (χ0) is 14.9. The fraction of sp³-hybridized carbons (Fsp3) is 0.562. The van der Waals surface area contributed by atoms with E-state index in [1.165, 1.54) is 24.2 Å². The first-order valence-corrected chi connectivity index (χ1v) is 7.66. The Morgan fingerprint density at radius 3 is 2.67 bits per heavy atom. The van der Waals surface area contributed by atoms with Gasteiger partial charge < -0.3 is 5.32 Å². The molecule has 0 radical (unpaired) electrons. The van der Waals surface area contributed by atoms with Crippen LogP contribution in [0.3, 0.4) is 0 Å². The molecule has 0 aliphatic heterocycles. The van der Waals surface area contributed by atoms with Crippen molar-refractivity contribution in [2.75, 3.05) is 0 Å². The second-order valence-corrected chi connectivity index (χ2v) is 6.70. The standard InChI is InChI=1S/C16H23N5/c1-16(2,3)18-10-12-8-9-15(20-19-12)21-11-17-13-6-4-5-7-14(13)21/h8-9,11,18H,4-7,10H2,1-3H3. The molecule has 0 bridgehead atoms. The lowest BCUT2D eigenvalue weighted by atomic mass is 10.0. The van der Waals surface area contributed by atoms with Gasteiger partial charge in [-0.1, -0.05) is 0 Å². The second kappa shape index (κ2) is 5.56. The summed E-state index contributed by atoms with van der Waals surface area (Å²) in [6.45, 7) is 7.17. The molecule has 1 aliphatic rings. The van der Waals surface area contributed by atoms with Crippen LogP contribution < -0.4 is 5.32 Å². The highest BCUT2D eigenvalue weighted by Gasteiger charge is 2.17. The van der Waals surface area contributed by atoms with Crippen LogP contribution in [0.1, 0.15) is 50.7 Å². The molecular formula is C16H23N5. The summed E-state index contributed by atoms with van der Waals surface area (Å²) in [5, 5.41) is 12.1. The van der Waals surface area contributed by atoms with E-state index < -0.39 is 0 Å². The van der Waals surface area contributed by atoms with Crippen molar-refractivity contribution in [1.29, 1.82) is 0 Å². The van der Waals surface area contributed by atoms with Gasteiger partial charge in [-0.15, -0.1) is 5.10 Å². The van der Waals surface area contributed by atoms with Crippen LogP contribution in [-0.2, 0) is 19.4 Å². The number of hydrogen-bond acceptors (Lipinski definition) is 4. The van der Waals surface area contributed by atoms with Gasteiger partial charge in [0.25, 0.3) is 0 Å². The van der Waals surface area contributed by atoms with E-state index in [1.807, 2.05) is 18.5 Å². The van der Waals surface area contributed by atoms with Gasteiger partial charge in [0.15, 0.2) is 5.82 Å². The number of nitrogens with zero attached hydrogens (tertiary/aromatic N) is 4. The van der Waals surface area contributed by atoms with Crippen LogP contribution in [0.15, 0.2) is 18.5 Å². The SMILES string of the molecule is CC(C)(C)NCc1ccc(-n2cnc3c2CCCC3)nn1. The number of rotatable bonds is 3. The molecular weight excluding hydrogens is 262 g/mol. The Morgan fingerprint density at radius 2 is 1.95 bits per heavy atom. The van der Waals surface area contributed by atoms with Crippen molar-refractivity contribution in [3.63, 3.8) is 0 Å². The van der Waals surface area contributed by atoms with Gasteiger partial charge >= 0.3 is 0 Å². The molecule has 112 valence electrons. The fourth-order valence-corrected chi connectivity index (χ4v) is 2.60. The smallest absolute Gasteiger partial charge is 0.160 e. The summed E-state index contributed by atoms with van der Waals surface area (Å²) in [4.78, 5) is 4.51. The van der Waals surface area contributed by atoms with E-state index in [0.29, 0.717) is 0 Å². The molecule has 0 amide bonds. The van der Waals surface area contributed by atoms with Gasteiger partial charge in [-0.3, -0.25) is 4.57 Å². The monoisotopic (exact) mass is 285 g/mol. The normalized spacial score (nSPS) is 15.0. The molecule has 2 aromatic rings. The number of hydrogen-bond donors (Lipinski definition) is 1. The number of imidazole rings is 1. The number of aromatic nitrogens is 4. The Bertz CT molecular complexity index is 607. The van der Waals surface area contributed by atoms with Crippen LogP contribution in [0.4, 0.5) is 0 Å². The van der Waals surface area contributed by atoms with E-state index in [-0.39, 0.29) is 5.54 Å². The van der Waals surface area contributed by atoms with Crippen molar-refractivity contribution in [2.24, 2.45) is 0 Å². The minimum Gasteiger partial charge on any atom is -0.306 e. The van der Waals surface area contributed by atoms with Crippen molar-refractivity contribution in [3.05, 3.63) is 35.5 Å². The van der Waals surface area contributed by atoms with Gasteiger partial charge in [0.05, 0.1) is 11.4 Å². The topological polar surface area (TPSA) is 55.6 Å². The highest BCUT2D eigenvalue weighted by Crippen LogP contribution is 2.22. The van der Waals surface area contributed by atoms with Crippen molar-refractivity contribution < 1.29 is 0 Å². The number of nitrogens with one attached hydrogen (secondary N) is 1. The molecule has 2 heterocycles. The molecule has 0 fully saturated rings. The minimum atomic E-state index is 0.0871. The lowest BCUT2D eigenvalue weighted by molar-refractivity contribution is 0.420. The third-order valence-corrected chi connectivity index (χ3v) is 3.78. The van der Waals surface area contributed by atoms with Crippen molar-refractivity contribution >= 4 is 0 Å². The van der Waals surface area contributed by atoms with E-state index in [0.717, 1.165) is 30.9 Å². The Morgan fingerprint density at radius 1 is 1.14 bits per heavy atom. The summed E-state index contributed by atoms with van der Waals surface area (Å²) < 4.78 is 2.09. The largest absolute Gasteiger partial charge is 0.306 e. The van der Waals surface area contributed by atoms with Crippen LogP contribution in [0.25, 0.3) is 5.82 Å². The predicted molar refractivity (Wildman–Crippen MR) is 82.4 cm³/mol. The number of fused-ring (bicyclic) bond motifs is 1. The molecule has 2 aromatic heterocycles. The average molecular weight is 285 g/mol. The van der Waals surface area contributed by atoms with E-state index in [2.05, 4.69) is 45.8 Å². The van der Waals surface area contributed by atoms with Crippen LogP contribution in [0.5, 0.6) is 0 Å². The summed E-state index contributed by atoms with van der Waals surface area (Å²) >= 11 is 0. The molecule has 0 aromatic carbocycles. The van der Waals surface area contributed by atoms with E-state index in [9.17, 15) is 0 Å². The highest BCUT2D eigenvalue weighted by molar-refractivity contribution is 5.29. The summed E-state index contributed by atoms with van der Waals surface area (Å²) in [6, 6.07) is 4.07. The van der Waals surface area contributed by atoms with Gasteiger partial charge in [0.2, 0.25) is 0 Å². The van der Waals surface area contributed by atoms with Crippen LogP contribution >= 0.6 is 0 Å². The van der Waals surface area contributed by atoms with Crippen LogP contribution in [-0.4, -0.2) is 25.3 Å². The van der Waals surface area contributed by atoms with E-state index >= 15 is 0 Å². The summed E-state index contributed by atoms with van der Waals surface area (Å²) in [7, 11) is 0. The molecule has 0 spiro atoms. The van der Waals surface area contributed by atoms with Crippen molar-refractivity contribution in [3.8, 4) is 5.82 Å². The maximum absolute atomic E-state index is 4.51. The quantitative estimate of drug-likeness (QED) is 0.941. The molecule has 5 heteroatoms. The Balaban J connectivity index is 1.77. The fourth-order valence-electron chi connectivity index (χ4n) is 2.60. The first-order chi connectivity index (χ1) is 10.0. The molecule has 5 nitrogen and oxygen atoms in total. The van der Waals surface area contributed by atoms with E-state index in [4.69, 9.17) is 0 Å². The van der Waals surface area contributed by atoms with Crippen molar-refractivity contribution in [1.82, 2.24) is 25.1 Å². The Labute approximate surface area is 125 Å². The lowest BCUT2D eigenvalue weighted by Gasteiger charge is -2.20. The zero-order valence-corrected chi connectivity index (χ0v) is 13.1. The Hall–Kier alpha value is -1.75. The summed E-state index contributed by atoms with van der Waals surface area (Å²) in [5.41, 5.74) is 3.57. The third-order valence-electron chi connectivity index (χ3n) is 3.78. The van der Waals surface area contributed by atoms with Gasteiger partial charge in [0, 0.05) is 17.8 Å². The highest BCUT2D eigenvalue weighted by atomic mass is 15.2. The maximum Gasteiger partial charge on any atom is 0.160 e. The minimum absolute atomic E-state index is 0.0871.